The van der Waals surface area contributed by atoms with Gasteiger partial charge in [-0.25, -0.2) is 13.2 Å². The number of sulfonamides is 1. The lowest BCUT2D eigenvalue weighted by molar-refractivity contribution is -0.142. The predicted molar refractivity (Wildman–Crippen MR) is 134 cm³/mol. The van der Waals surface area contributed by atoms with Crippen LogP contribution in [-0.4, -0.2) is 33.6 Å². The average molecular weight is 492 g/mol. The van der Waals surface area contributed by atoms with Crippen LogP contribution in [-0.2, 0) is 19.6 Å². The van der Waals surface area contributed by atoms with Crippen LogP contribution in [0.1, 0.15) is 17.5 Å². The van der Waals surface area contributed by atoms with Crippen molar-refractivity contribution in [3.8, 4) is 11.8 Å². The molecule has 0 spiro atoms. The van der Waals surface area contributed by atoms with Gasteiger partial charge in [-0.3, -0.25) is 4.79 Å². The molecule has 3 aromatic rings. The van der Waals surface area contributed by atoms with E-state index in [0.29, 0.717) is 11.4 Å². The lowest BCUT2D eigenvalue weighted by Gasteiger charge is -2.15. The molecule has 1 atom stereocenters. The summed E-state index contributed by atoms with van der Waals surface area (Å²) in [5.41, 5.74) is 2.83. The highest BCUT2D eigenvalue weighted by atomic mass is 32.2. The van der Waals surface area contributed by atoms with Crippen LogP contribution in [0, 0.1) is 18.8 Å². The summed E-state index contributed by atoms with van der Waals surface area (Å²) in [5.74, 6) is 4.95. The number of aryl methyl sites for hydroxylation is 1. The summed E-state index contributed by atoms with van der Waals surface area (Å²) in [6, 6.07) is 20.3. The first-order chi connectivity index (χ1) is 16.8. The lowest BCUT2D eigenvalue weighted by atomic mass is 10.2. The third-order valence-corrected chi connectivity index (χ3v) is 6.32. The number of anilines is 2. The van der Waals surface area contributed by atoms with Crippen LogP contribution in [0.3, 0.4) is 0 Å². The molecule has 0 aliphatic heterocycles. The van der Waals surface area contributed by atoms with E-state index in [1.54, 1.807) is 24.3 Å². The number of nitrogens with one attached hydrogen (secondary N) is 3. The standard InChI is InChI=1S/C26H25N3O5S/c1-19-11-13-21(14-12-19)27-26(31)28-22-15-17-23(18-16-22)35(32,33)29-24(25(30)34-2)10-6-9-20-7-4-3-5-8-20/h3-5,7-8,11-18,24,29H,10H2,1-2H3,(H2,27,28,31). The third kappa shape index (κ3) is 7.71. The second kappa shape index (κ2) is 11.8. The molecule has 35 heavy (non-hydrogen) atoms. The van der Waals surface area contributed by atoms with Crippen LogP contribution in [0.15, 0.2) is 83.8 Å². The zero-order chi connectivity index (χ0) is 25.3. The van der Waals surface area contributed by atoms with Crippen LogP contribution in [0.5, 0.6) is 0 Å². The minimum Gasteiger partial charge on any atom is -0.468 e. The number of hydrogen-bond donors (Lipinski definition) is 3. The van der Waals surface area contributed by atoms with Crippen LogP contribution in [0.2, 0.25) is 0 Å². The Kier molecular flexibility index (Phi) is 8.62. The maximum absolute atomic E-state index is 12.8. The third-order valence-electron chi connectivity index (χ3n) is 4.83. The maximum atomic E-state index is 12.8. The van der Waals surface area contributed by atoms with Crippen LogP contribution in [0.25, 0.3) is 0 Å². The maximum Gasteiger partial charge on any atom is 0.324 e. The first-order valence-electron chi connectivity index (χ1n) is 10.7. The molecule has 0 bridgehead atoms. The molecule has 0 radical (unpaired) electrons. The van der Waals surface area contributed by atoms with E-state index in [1.807, 2.05) is 37.3 Å². The smallest absolute Gasteiger partial charge is 0.324 e. The van der Waals surface area contributed by atoms with E-state index in [2.05, 4.69) is 27.2 Å². The molecule has 3 rings (SSSR count). The molecule has 3 N–H and O–H groups in total. The second-order valence-electron chi connectivity index (χ2n) is 7.54. The number of urea groups is 1. The minimum absolute atomic E-state index is 0.0698. The SMILES string of the molecule is COC(=O)C(CC#Cc1ccccc1)NS(=O)(=O)c1ccc(NC(=O)Nc2ccc(C)cc2)cc1. The zero-order valence-corrected chi connectivity index (χ0v) is 20.1. The molecule has 2 amide bonds. The van der Waals surface area contributed by atoms with Crippen molar-refractivity contribution in [2.75, 3.05) is 17.7 Å². The van der Waals surface area contributed by atoms with E-state index in [9.17, 15) is 18.0 Å². The van der Waals surface area contributed by atoms with E-state index < -0.39 is 28.1 Å². The van der Waals surface area contributed by atoms with Gasteiger partial charge in [0.15, 0.2) is 0 Å². The number of ether oxygens (including phenoxy) is 1. The summed E-state index contributed by atoms with van der Waals surface area (Å²) in [4.78, 5) is 24.2. The quantitative estimate of drug-likeness (QED) is 0.343. The van der Waals surface area contributed by atoms with E-state index in [-0.39, 0.29) is 11.3 Å². The molecule has 0 saturated carbocycles. The zero-order valence-electron chi connectivity index (χ0n) is 19.2. The van der Waals surface area contributed by atoms with Gasteiger partial charge in [-0.1, -0.05) is 47.7 Å². The van der Waals surface area contributed by atoms with E-state index >= 15 is 0 Å². The molecule has 3 aromatic carbocycles. The summed E-state index contributed by atoms with van der Waals surface area (Å²) >= 11 is 0. The Bertz CT molecular complexity index is 1330. The van der Waals surface area contributed by atoms with Gasteiger partial charge in [0.2, 0.25) is 10.0 Å². The predicted octanol–water partition coefficient (Wildman–Crippen LogP) is 3.90. The molecule has 0 fully saturated rings. The summed E-state index contributed by atoms with van der Waals surface area (Å²) in [5, 5.41) is 5.33. The Balaban J connectivity index is 1.64. The number of amides is 2. The van der Waals surface area contributed by atoms with Gasteiger partial charge in [0.05, 0.1) is 12.0 Å². The van der Waals surface area contributed by atoms with Gasteiger partial charge in [0, 0.05) is 23.4 Å². The summed E-state index contributed by atoms with van der Waals surface area (Å²) < 4.78 is 32.7. The number of carbonyl (C=O) groups is 2. The van der Waals surface area contributed by atoms with Gasteiger partial charge in [0.1, 0.15) is 6.04 Å². The number of esters is 1. The summed E-state index contributed by atoms with van der Waals surface area (Å²) in [6.07, 6.45) is -0.0698. The van der Waals surface area contributed by atoms with Gasteiger partial charge >= 0.3 is 12.0 Å². The summed E-state index contributed by atoms with van der Waals surface area (Å²) in [7, 11) is -2.88. The molecule has 8 nitrogen and oxygen atoms in total. The van der Waals surface area contributed by atoms with Crippen molar-refractivity contribution in [1.29, 1.82) is 0 Å². The first kappa shape index (κ1) is 25.5. The van der Waals surface area contributed by atoms with Gasteiger partial charge < -0.3 is 15.4 Å². The van der Waals surface area contributed by atoms with Crippen LogP contribution >= 0.6 is 0 Å². The largest absolute Gasteiger partial charge is 0.468 e. The highest BCUT2D eigenvalue weighted by Crippen LogP contribution is 2.16. The van der Waals surface area contributed by atoms with Crippen molar-refractivity contribution in [1.82, 2.24) is 4.72 Å². The van der Waals surface area contributed by atoms with Crippen molar-refractivity contribution < 1.29 is 22.7 Å². The molecular formula is C26H25N3O5S. The van der Waals surface area contributed by atoms with Crippen LogP contribution < -0.4 is 15.4 Å². The Morgan fingerprint density at radius 1 is 0.886 bits per heavy atom. The number of rotatable bonds is 7. The Labute approximate surface area is 204 Å². The van der Waals surface area contributed by atoms with Gasteiger partial charge in [-0.15, -0.1) is 0 Å². The Hall–Kier alpha value is -4.13. The normalized spacial score (nSPS) is 11.5. The Morgan fingerprint density at radius 2 is 1.46 bits per heavy atom. The first-order valence-corrected chi connectivity index (χ1v) is 12.1. The van der Waals surface area contributed by atoms with Gasteiger partial charge in [-0.2, -0.15) is 4.72 Å². The van der Waals surface area contributed by atoms with Crippen molar-refractivity contribution in [3.05, 3.63) is 90.0 Å². The molecule has 0 aliphatic carbocycles. The minimum atomic E-state index is -4.05. The molecular weight excluding hydrogens is 466 g/mol. The number of carbonyl (C=O) groups excluding carboxylic acids is 2. The van der Waals surface area contributed by atoms with Crippen molar-refractivity contribution >= 4 is 33.4 Å². The van der Waals surface area contributed by atoms with E-state index in [4.69, 9.17) is 4.74 Å². The van der Waals surface area contributed by atoms with Gasteiger partial charge in [-0.05, 0) is 55.5 Å². The highest BCUT2D eigenvalue weighted by Gasteiger charge is 2.26. The summed E-state index contributed by atoms with van der Waals surface area (Å²) in [6.45, 7) is 1.94. The molecule has 0 aliphatic rings. The molecule has 9 heteroatoms. The molecule has 1 unspecified atom stereocenters. The Morgan fingerprint density at radius 3 is 2.03 bits per heavy atom. The van der Waals surface area contributed by atoms with E-state index in [1.165, 1.54) is 31.4 Å². The number of methoxy groups -OCH3 is 1. The fraction of sp³-hybridized carbons (Fsp3) is 0.154. The number of benzene rings is 3. The van der Waals surface area contributed by atoms with Gasteiger partial charge in [0.25, 0.3) is 0 Å². The lowest BCUT2D eigenvalue weighted by Crippen LogP contribution is -2.41. The second-order valence-corrected chi connectivity index (χ2v) is 9.25. The van der Waals surface area contributed by atoms with Crippen LogP contribution in [0.4, 0.5) is 16.2 Å². The molecule has 0 heterocycles. The molecule has 0 aromatic heterocycles. The molecule has 0 saturated heterocycles. The fourth-order valence-corrected chi connectivity index (χ4v) is 4.18. The highest BCUT2D eigenvalue weighted by molar-refractivity contribution is 7.89. The fourth-order valence-electron chi connectivity index (χ4n) is 3.00. The molecule has 180 valence electrons. The average Bonchev–Trinajstić information content (AvgIpc) is 2.85. The van der Waals surface area contributed by atoms with Crippen molar-refractivity contribution in [3.63, 3.8) is 0 Å². The topological polar surface area (TPSA) is 114 Å². The monoisotopic (exact) mass is 491 g/mol. The van der Waals surface area contributed by atoms with Crippen molar-refractivity contribution in [2.45, 2.75) is 24.3 Å². The number of hydrogen-bond acceptors (Lipinski definition) is 5. The van der Waals surface area contributed by atoms with Crippen molar-refractivity contribution in [2.24, 2.45) is 0 Å². The van der Waals surface area contributed by atoms with E-state index in [0.717, 1.165) is 11.1 Å².